The summed E-state index contributed by atoms with van der Waals surface area (Å²) in [5.41, 5.74) is 4.17. The van der Waals surface area contributed by atoms with Gasteiger partial charge in [0.05, 0.1) is 27.6 Å². The van der Waals surface area contributed by atoms with Crippen molar-refractivity contribution in [3.63, 3.8) is 0 Å². The number of nitrogens with zero attached hydrogens (tertiary/aromatic N) is 4. The number of hydroxylamine groups is 2. The molecule has 23 nitrogen and oxygen atoms in total. The Bertz CT molecular complexity index is 3820. The minimum Gasteiger partial charge on any atom is -0.371 e. The molecule has 0 bridgehead atoms. The number of carbonyl (C=O) groups is 3. The first-order valence-electron chi connectivity index (χ1n) is 26.3. The number of rotatable bonds is 25. The van der Waals surface area contributed by atoms with Crippen LogP contribution in [0, 0.1) is 0 Å². The van der Waals surface area contributed by atoms with Crippen LogP contribution >= 0.6 is 11.6 Å². The topological polar surface area (TPSA) is 345 Å². The van der Waals surface area contributed by atoms with Gasteiger partial charge in [-0.05, 0) is 130 Å². The molecule has 3 heterocycles. The Kier molecular flexibility index (Phi) is 31.7. The van der Waals surface area contributed by atoms with E-state index in [1.54, 1.807) is 23.1 Å². The van der Waals surface area contributed by atoms with E-state index in [4.69, 9.17) is 16.4 Å². The number of fused-ring (bicyclic) bond motifs is 4. The summed E-state index contributed by atoms with van der Waals surface area (Å²) in [4.78, 5) is 43.8. The molecular weight excluding hydrogens is 1310 g/mol. The molecule has 1 fully saturated rings. The Morgan fingerprint density at radius 3 is 1.82 bits per heavy atom. The van der Waals surface area contributed by atoms with Crippen LogP contribution in [-0.4, -0.2) is 141 Å². The number of hydrogen-bond donors (Lipinski definition) is 5. The molecule has 3 aromatic carbocycles. The molecule has 3 aromatic rings. The number of carbonyl (C=O) groups excluding carboxylic acids is 3. The van der Waals surface area contributed by atoms with Gasteiger partial charge in [-0.25, -0.2) is 4.79 Å². The normalized spacial score (nSPS) is 17.6. The fourth-order valence-electron chi connectivity index (χ4n) is 11.1. The zero-order valence-electron chi connectivity index (χ0n) is 50.4. The van der Waals surface area contributed by atoms with Crippen LogP contribution in [0.3, 0.4) is 0 Å². The van der Waals surface area contributed by atoms with Crippen LogP contribution in [0.2, 0.25) is 0 Å². The first-order chi connectivity index (χ1) is 38.0. The van der Waals surface area contributed by atoms with Crippen LogP contribution in [0.25, 0.3) is 10.8 Å². The fourth-order valence-corrected chi connectivity index (χ4v) is 14.2. The van der Waals surface area contributed by atoms with Crippen LogP contribution in [0.1, 0.15) is 116 Å². The predicted molar refractivity (Wildman–Crippen MR) is 306 cm³/mol. The van der Waals surface area contributed by atoms with Crippen molar-refractivity contribution < 1.29 is 236 Å². The minimum absolute atomic E-state index is 0. The Morgan fingerprint density at radius 1 is 0.667 bits per heavy atom. The van der Waals surface area contributed by atoms with Crippen molar-refractivity contribution in [1.29, 1.82) is 0 Å². The van der Waals surface area contributed by atoms with Crippen molar-refractivity contribution in [3.05, 3.63) is 99.8 Å². The van der Waals surface area contributed by atoms with Gasteiger partial charge in [0.15, 0.2) is 5.71 Å². The number of unbranched alkanes of at least 4 members (excludes halogenated alkanes) is 2. The van der Waals surface area contributed by atoms with Gasteiger partial charge in [-0.3, -0.25) is 32.4 Å². The summed E-state index contributed by atoms with van der Waals surface area (Å²) < 4.78 is 172. The van der Waals surface area contributed by atoms with E-state index in [-0.39, 0.29) is 217 Å². The number of benzene rings is 3. The number of halogens is 1. The van der Waals surface area contributed by atoms with Gasteiger partial charge in [-0.1, -0.05) is 37.6 Å². The SMILES string of the molecule is CC1(C)C(/C=C/C2=C(Cl)C(=C/C=C3/N(CCCS(=O)(=O)O)c4ccc(N(CCCS(=O)(=O)O)CCCS(=O)(=O)O)cc4C3(C)C)/CCC2)=[N+](CCCCCC(=O)ON2C(=O)CCC2=O)c2ccc3c(S(=O)(=O)O)cc(S(=O)(=O)O)cc3c21.[Na+].[Na+].[Na+].[Na+].[Na+]. The van der Waals surface area contributed by atoms with Gasteiger partial charge < -0.3 is 14.6 Å². The fraction of sp³-hybridized carbons (Fsp3) is 0.472. The Morgan fingerprint density at radius 2 is 1.25 bits per heavy atom. The van der Waals surface area contributed by atoms with Crippen LogP contribution < -0.4 is 158 Å². The molecule has 0 unspecified atom stereocenters. The summed E-state index contributed by atoms with van der Waals surface area (Å²) in [6.45, 7) is 8.27. The molecule has 0 aromatic heterocycles. The number of anilines is 2. The molecule has 0 saturated carbocycles. The summed E-state index contributed by atoms with van der Waals surface area (Å²) in [6.07, 6.45) is 10.3. The summed E-state index contributed by atoms with van der Waals surface area (Å²) in [5, 5.41) is 1.05. The number of allylic oxidation sites excluding steroid dienone is 8. The molecule has 0 spiro atoms. The average Bonchev–Trinajstić information content (AvgIpc) is 1.63. The quantitative estimate of drug-likeness (QED) is 0.0173. The molecule has 3 aliphatic heterocycles. The van der Waals surface area contributed by atoms with Crippen molar-refractivity contribution in [1.82, 2.24) is 5.06 Å². The molecule has 1 aliphatic carbocycles. The van der Waals surface area contributed by atoms with E-state index in [0.717, 1.165) is 28.5 Å². The van der Waals surface area contributed by atoms with Crippen LogP contribution in [0.5, 0.6) is 0 Å². The number of imide groups is 1. The zero-order valence-corrected chi connectivity index (χ0v) is 65.3. The molecule has 4 aliphatic rings. The van der Waals surface area contributed by atoms with Crippen molar-refractivity contribution >= 4 is 114 Å². The van der Waals surface area contributed by atoms with Gasteiger partial charge in [0, 0.05) is 95.9 Å². The number of amides is 2. The van der Waals surface area contributed by atoms with E-state index < -0.39 is 106 Å². The predicted octanol–water partition coefficient (Wildman–Crippen LogP) is -7.62. The van der Waals surface area contributed by atoms with Crippen molar-refractivity contribution in [2.45, 2.75) is 125 Å². The Balaban J connectivity index is 0.00000516. The molecule has 34 heteroatoms. The molecule has 448 valence electrons. The second kappa shape index (κ2) is 33.3. The molecule has 5 N–H and O–H groups in total. The van der Waals surface area contributed by atoms with Gasteiger partial charge >= 0.3 is 154 Å². The molecule has 87 heavy (non-hydrogen) atoms. The van der Waals surface area contributed by atoms with Gasteiger partial charge in [0.25, 0.3) is 62.4 Å². The van der Waals surface area contributed by atoms with Crippen molar-refractivity contribution in [2.24, 2.45) is 0 Å². The van der Waals surface area contributed by atoms with Crippen LogP contribution in [-0.2, 0) is 80.6 Å². The van der Waals surface area contributed by atoms with Gasteiger partial charge in [-0.15, -0.1) is 5.06 Å². The molecule has 0 atom stereocenters. The maximum atomic E-state index is 12.8. The van der Waals surface area contributed by atoms with Crippen molar-refractivity contribution in [3.8, 4) is 0 Å². The van der Waals surface area contributed by atoms with E-state index in [2.05, 4.69) is 0 Å². The summed E-state index contributed by atoms with van der Waals surface area (Å²) in [7, 11) is -23.0. The smallest absolute Gasteiger partial charge is 0.371 e. The van der Waals surface area contributed by atoms with E-state index >= 15 is 0 Å². The molecule has 0 radical (unpaired) electrons. The minimum atomic E-state index is -5.03. The third kappa shape index (κ3) is 21.3. The monoisotopic (exact) mass is 1370 g/mol. The van der Waals surface area contributed by atoms with Crippen molar-refractivity contribution in [2.75, 3.05) is 53.2 Å². The standard InChI is InChI=1S/C53H65ClN4O19S5.5Na/c1-52(2)41-32-37(55(25-9-29-78(62,63)64)26-10-30-79(65,66)67)17-19-42(41)56(28-11-31-80(68,69)70)45(52)21-15-35-12-8-13-36(51(35)54)16-22-46-53(3,4)50-40-33-38(81(71,72)73)34-44(82(74,75)76)39(40)18-20-43(50)57(46)27-7-5-6-14-49(61)77-58-47(59)23-24-48(58)60;;;;;/h15-22,32-34H,5-14,23-31H2,1-4H3,(H4-,62,63,64,65,66,67,68,69,70,71,72,73,74,75,76);;;;;/q;5*+1/p+1. The second-order valence-corrected chi connectivity index (χ2v) is 29.5. The maximum Gasteiger partial charge on any atom is 1.00 e. The Labute approximate surface area is 624 Å². The largest absolute Gasteiger partial charge is 1.00 e. The van der Waals surface area contributed by atoms with Crippen LogP contribution in [0.4, 0.5) is 17.1 Å². The Hall–Kier alpha value is -0.400. The zero-order chi connectivity index (χ0) is 60.5. The number of hydrogen-bond acceptors (Lipinski definition) is 16. The summed E-state index contributed by atoms with van der Waals surface area (Å²) in [6, 6.07) is 10.3. The summed E-state index contributed by atoms with van der Waals surface area (Å²) >= 11 is 7.30. The molecule has 2 amide bonds. The third-order valence-corrected chi connectivity index (χ3v) is 19.6. The van der Waals surface area contributed by atoms with Gasteiger partial charge in [0.2, 0.25) is 5.69 Å². The molecule has 7 rings (SSSR count). The second-order valence-electron chi connectivity index (χ2n) is 21.6. The van der Waals surface area contributed by atoms with Crippen LogP contribution in [0.15, 0.2) is 98.4 Å². The third-order valence-electron chi connectivity index (χ3n) is 15.0. The molecular formula is C53H66ClN4Na5O19S5+6. The maximum absolute atomic E-state index is 12.8. The van der Waals surface area contributed by atoms with Gasteiger partial charge in [-0.2, -0.15) is 46.7 Å². The molecule has 1 saturated heterocycles. The average molecular weight is 1370 g/mol. The van der Waals surface area contributed by atoms with Gasteiger partial charge in [0.1, 0.15) is 11.4 Å². The first kappa shape index (κ1) is 82.7. The first-order valence-corrected chi connectivity index (χ1v) is 34.4. The van der Waals surface area contributed by atoms with E-state index in [1.807, 2.05) is 67.5 Å². The summed E-state index contributed by atoms with van der Waals surface area (Å²) in [5.74, 6) is -3.59. The van der Waals surface area contributed by atoms with E-state index in [9.17, 15) is 79.2 Å². The van der Waals surface area contributed by atoms with E-state index in [1.165, 1.54) is 6.07 Å². The van der Waals surface area contributed by atoms with E-state index in [0.29, 0.717) is 89.6 Å².